The molecular weight excluding hydrogens is 402 g/mol. The van der Waals surface area contributed by atoms with Crippen LogP contribution in [0.3, 0.4) is 0 Å². The van der Waals surface area contributed by atoms with Gasteiger partial charge in [-0.15, -0.1) is 10.2 Å². The zero-order chi connectivity index (χ0) is 21.3. The molecule has 1 aromatic heterocycles. The van der Waals surface area contributed by atoms with E-state index in [1.165, 1.54) is 11.8 Å². The Kier molecular flexibility index (Phi) is 7.45. The molecule has 3 rings (SSSR count). The number of amides is 2. The molecule has 0 fully saturated rings. The Morgan fingerprint density at radius 1 is 1.07 bits per heavy atom. The van der Waals surface area contributed by atoms with Gasteiger partial charge in [-0.3, -0.25) is 9.59 Å². The predicted molar refractivity (Wildman–Crippen MR) is 116 cm³/mol. The smallest absolute Gasteiger partial charge is 0.251 e. The number of thioether (sulfide) groups is 1. The second-order valence-electron chi connectivity index (χ2n) is 6.26. The van der Waals surface area contributed by atoms with Gasteiger partial charge in [0, 0.05) is 17.8 Å². The summed E-state index contributed by atoms with van der Waals surface area (Å²) >= 11 is 1.30. The summed E-state index contributed by atoms with van der Waals surface area (Å²) in [5.41, 5.74) is 1.28. The Bertz CT molecular complexity index is 990. The van der Waals surface area contributed by atoms with Gasteiger partial charge in [0.15, 0.2) is 11.0 Å². The quantitative estimate of drug-likeness (QED) is 0.512. The van der Waals surface area contributed by atoms with E-state index >= 15 is 0 Å². The molecule has 9 heteroatoms. The monoisotopic (exact) mass is 425 g/mol. The highest BCUT2D eigenvalue weighted by Crippen LogP contribution is 2.19. The number of ether oxygens (including phenoxy) is 1. The number of anilines is 1. The van der Waals surface area contributed by atoms with Crippen LogP contribution >= 0.6 is 11.8 Å². The van der Waals surface area contributed by atoms with Crippen LogP contribution in [0.2, 0.25) is 0 Å². The molecule has 2 aromatic carbocycles. The van der Waals surface area contributed by atoms with Gasteiger partial charge < -0.3 is 19.9 Å². The molecule has 0 unspecified atom stereocenters. The third-order valence-corrected chi connectivity index (χ3v) is 5.23. The highest BCUT2D eigenvalue weighted by molar-refractivity contribution is 7.99. The summed E-state index contributed by atoms with van der Waals surface area (Å²) in [7, 11) is 1.59. The van der Waals surface area contributed by atoms with E-state index in [1.807, 2.05) is 29.7 Å². The maximum Gasteiger partial charge on any atom is 0.251 e. The first kappa shape index (κ1) is 21.4. The number of hydrogen-bond acceptors (Lipinski definition) is 6. The van der Waals surface area contributed by atoms with E-state index in [0.717, 1.165) is 5.75 Å². The molecule has 8 nitrogen and oxygen atoms in total. The van der Waals surface area contributed by atoms with Crippen molar-refractivity contribution in [2.45, 2.75) is 25.2 Å². The van der Waals surface area contributed by atoms with E-state index in [-0.39, 0.29) is 24.1 Å². The summed E-state index contributed by atoms with van der Waals surface area (Å²) < 4.78 is 6.99. The first-order valence-corrected chi connectivity index (χ1v) is 10.4. The van der Waals surface area contributed by atoms with Gasteiger partial charge in [0.2, 0.25) is 5.91 Å². The molecule has 0 aliphatic rings. The minimum atomic E-state index is -0.172. The predicted octanol–water partition coefficient (Wildman–Crippen LogP) is 2.97. The van der Waals surface area contributed by atoms with Crippen molar-refractivity contribution in [1.29, 1.82) is 0 Å². The average molecular weight is 426 g/mol. The molecule has 1 heterocycles. The number of benzene rings is 2. The number of methoxy groups -OCH3 is 1. The Balaban J connectivity index is 1.54. The third-order valence-electron chi connectivity index (χ3n) is 4.26. The van der Waals surface area contributed by atoms with Gasteiger partial charge in [-0.1, -0.05) is 30.0 Å². The van der Waals surface area contributed by atoms with Crippen molar-refractivity contribution in [3.8, 4) is 5.75 Å². The molecule has 0 bridgehead atoms. The summed E-state index contributed by atoms with van der Waals surface area (Å²) in [6, 6.07) is 16.1. The van der Waals surface area contributed by atoms with Gasteiger partial charge in [0.05, 0.1) is 19.4 Å². The Hall–Kier alpha value is -3.33. The van der Waals surface area contributed by atoms with Crippen LogP contribution in [0.25, 0.3) is 0 Å². The van der Waals surface area contributed by atoms with Crippen LogP contribution in [0.5, 0.6) is 5.75 Å². The molecule has 0 saturated carbocycles. The fourth-order valence-corrected chi connectivity index (χ4v) is 3.55. The molecule has 0 saturated heterocycles. The molecular formula is C21H23N5O3S. The molecule has 0 aliphatic heterocycles. The van der Waals surface area contributed by atoms with Crippen LogP contribution in [0.1, 0.15) is 23.1 Å². The van der Waals surface area contributed by atoms with Crippen molar-refractivity contribution in [3.05, 3.63) is 66.0 Å². The second kappa shape index (κ2) is 10.4. The molecule has 3 aromatic rings. The van der Waals surface area contributed by atoms with Crippen LogP contribution < -0.4 is 15.4 Å². The normalized spacial score (nSPS) is 10.5. The fraction of sp³-hybridized carbons (Fsp3) is 0.238. The van der Waals surface area contributed by atoms with Crippen molar-refractivity contribution in [1.82, 2.24) is 20.1 Å². The molecule has 2 N–H and O–H groups in total. The van der Waals surface area contributed by atoms with Crippen LogP contribution in [-0.4, -0.2) is 39.4 Å². The molecule has 0 spiro atoms. The second-order valence-corrected chi connectivity index (χ2v) is 7.20. The number of aromatic nitrogens is 3. The number of nitrogens with zero attached hydrogens (tertiary/aromatic N) is 3. The van der Waals surface area contributed by atoms with E-state index in [0.29, 0.717) is 28.8 Å². The summed E-state index contributed by atoms with van der Waals surface area (Å²) in [5, 5.41) is 14.6. The first-order chi connectivity index (χ1) is 14.6. The van der Waals surface area contributed by atoms with Crippen molar-refractivity contribution < 1.29 is 14.3 Å². The van der Waals surface area contributed by atoms with Crippen LogP contribution in [0, 0.1) is 0 Å². The summed E-state index contributed by atoms with van der Waals surface area (Å²) in [6.45, 7) is 2.85. The Morgan fingerprint density at radius 3 is 2.47 bits per heavy atom. The van der Waals surface area contributed by atoms with E-state index < -0.39 is 0 Å². The van der Waals surface area contributed by atoms with E-state index in [1.54, 1.807) is 43.5 Å². The minimum Gasteiger partial charge on any atom is -0.497 e. The van der Waals surface area contributed by atoms with Gasteiger partial charge in [-0.2, -0.15) is 0 Å². The van der Waals surface area contributed by atoms with Gasteiger partial charge in [-0.05, 0) is 43.3 Å². The standard InChI is InChI=1S/C21H23N5O3S/c1-3-26-18(13-22-20(28)15-7-5-4-6-8-15)24-25-21(26)30-14-19(27)23-16-9-11-17(29-2)12-10-16/h4-12H,3,13-14H2,1-2H3,(H,22,28)(H,23,27). The number of hydrogen-bond donors (Lipinski definition) is 2. The molecule has 156 valence electrons. The SMILES string of the molecule is CCn1c(CNC(=O)c2ccccc2)nnc1SCC(=O)Nc1ccc(OC)cc1. The number of nitrogens with one attached hydrogen (secondary N) is 2. The van der Waals surface area contributed by atoms with Crippen LogP contribution in [-0.2, 0) is 17.9 Å². The fourth-order valence-electron chi connectivity index (χ4n) is 2.73. The average Bonchev–Trinajstić information content (AvgIpc) is 3.19. The summed E-state index contributed by atoms with van der Waals surface area (Å²) in [6.07, 6.45) is 0. The number of carbonyl (C=O) groups excluding carboxylic acids is 2. The van der Waals surface area contributed by atoms with Gasteiger partial charge in [-0.25, -0.2) is 0 Å². The number of rotatable bonds is 9. The molecule has 0 aliphatic carbocycles. The lowest BCUT2D eigenvalue weighted by atomic mass is 10.2. The van der Waals surface area contributed by atoms with E-state index in [2.05, 4.69) is 20.8 Å². The van der Waals surface area contributed by atoms with Crippen molar-refractivity contribution in [2.75, 3.05) is 18.2 Å². The van der Waals surface area contributed by atoms with Crippen LogP contribution in [0.4, 0.5) is 5.69 Å². The highest BCUT2D eigenvalue weighted by Gasteiger charge is 2.14. The van der Waals surface area contributed by atoms with Gasteiger partial charge >= 0.3 is 0 Å². The van der Waals surface area contributed by atoms with Gasteiger partial charge in [0.25, 0.3) is 5.91 Å². The molecule has 30 heavy (non-hydrogen) atoms. The Morgan fingerprint density at radius 2 is 1.80 bits per heavy atom. The van der Waals surface area contributed by atoms with Crippen molar-refractivity contribution in [3.63, 3.8) is 0 Å². The molecule has 0 atom stereocenters. The van der Waals surface area contributed by atoms with E-state index in [9.17, 15) is 9.59 Å². The number of carbonyl (C=O) groups is 2. The Labute approximate surface area is 179 Å². The lowest BCUT2D eigenvalue weighted by molar-refractivity contribution is -0.113. The molecule has 0 radical (unpaired) electrons. The zero-order valence-electron chi connectivity index (χ0n) is 16.8. The summed E-state index contributed by atoms with van der Waals surface area (Å²) in [5.74, 6) is 1.25. The minimum absolute atomic E-state index is 0.144. The van der Waals surface area contributed by atoms with Crippen LogP contribution in [0.15, 0.2) is 59.8 Å². The maximum absolute atomic E-state index is 12.2. The van der Waals surface area contributed by atoms with Crippen molar-refractivity contribution in [2.24, 2.45) is 0 Å². The first-order valence-electron chi connectivity index (χ1n) is 9.42. The maximum atomic E-state index is 12.2. The third kappa shape index (κ3) is 5.60. The van der Waals surface area contributed by atoms with E-state index in [4.69, 9.17) is 4.74 Å². The van der Waals surface area contributed by atoms with Crippen molar-refractivity contribution >= 4 is 29.3 Å². The van der Waals surface area contributed by atoms with Gasteiger partial charge in [0.1, 0.15) is 5.75 Å². The summed E-state index contributed by atoms with van der Waals surface area (Å²) in [4.78, 5) is 24.5. The zero-order valence-corrected chi connectivity index (χ0v) is 17.6. The highest BCUT2D eigenvalue weighted by atomic mass is 32.2. The largest absolute Gasteiger partial charge is 0.497 e. The molecule has 2 amide bonds. The lowest BCUT2D eigenvalue weighted by Gasteiger charge is -2.09. The topological polar surface area (TPSA) is 98.1 Å². The lowest BCUT2D eigenvalue weighted by Crippen LogP contribution is -2.24.